The monoisotopic (exact) mass is 277 g/mol. The van der Waals surface area contributed by atoms with Crippen molar-refractivity contribution >= 4 is 32.9 Å². The van der Waals surface area contributed by atoms with E-state index >= 15 is 0 Å². The molecule has 3 radical (unpaired) electrons. The lowest BCUT2D eigenvalue weighted by Crippen LogP contribution is -2.20. The van der Waals surface area contributed by atoms with Crippen molar-refractivity contribution in [3.05, 3.63) is 29.1 Å². The molecule has 0 amide bonds. The van der Waals surface area contributed by atoms with Gasteiger partial charge in [0.25, 0.3) is 0 Å². The third-order valence-corrected chi connectivity index (χ3v) is 4.16. The Morgan fingerprint density at radius 1 is 1.33 bits per heavy atom. The van der Waals surface area contributed by atoms with Crippen molar-refractivity contribution in [1.82, 2.24) is 10.3 Å². The molecule has 1 unspecified atom stereocenters. The zero-order valence-corrected chi connectivity index (χ0v) is 11.7. The number of benzene rings is 1. The van der Waals surface area contributed by atoms with Gasteiger partial charge in [-0.1, -0.05) is 23.6 Å². The molecule has 18 heavy (non-hydrogen) atoms. The zero-order valence-electron chi connectivity index (χ0n) is 9.95. The van der Waals surface area contributed by atoms with Crippen molar-refractivity contribution in [2.24, 2.45) is 0 Å². The summed E-state index contributed by atoms with van der Waals surface area (Å²) in [5.74, 6) is 0.771. The van der Waals surface area contributed by atoms with Gasteiger partial charge in [0.05, 0.1) is 6.04 Å². The van der Waals surface area contributed by atoms with Crippen LogP contribution in [0.2, 0.25) is 10.6 Å². The minimum Gasteiger partial charge on any atom is -0.439 e. The molecule has 1 aromatic carbocycles. The van der Waals surface area contributed by atoms with Crippen molar-refractivity contribution in [2.45, 2.75) is 30.8 Å². The van der Waals surface area contributed by atoms with E-state index in [1.165, 1.54) is 0 Å². The van der Waals surface area contributed by atoms with Crippen LogP contribution in [0.1, 0.15) is 31.2 Å². The SMILES string of the molecule is [Si]C1CCN[C@@H](c2nc3cc(Cl)ccc3o2)CC1. The van der Waals surface area contributed by atoms with E-state index in [0.717, 1.165) is 42.8 Å². The number of oxazole rings is 1. The summed E-state index contributed by atoms with van der Waals surface area (Å²) in [7, 11) is 3.72. The number of halogens is 1. The predicted octanol–water partition coefficient (Wildman–Crippen LogP) is 3.25. The average molecular weight is 278 g/mol. The smallest absolute Gasteiger partial charge is 0.212 e. The molecule has 1 aromatic heterocycles. The molecule has 1 aliphatic rings. The fraction of sp³-hybridized carbons (Fsp3) is 0.462. The maximum absolute atomic E-state index is 5.96. The Hall–Kier alpha value is -0.843. The second-order valence-corrected chi connectivity index (χ2v) is 5.99. The maximum Gasteiger partial charge on any atom is 0.212 e. The first-order valence-electron chi connectivity index (χ1n) is 6.23. The van der Waals surface area contributed by atoms with E-state index in [-0.39, 0.29) is 6.04 Å². The molecule has 0 spiro atoms. The summed E-state index contributed by atoms with van der Waals surface area (Å²) in [5, 5.41) is 4.17. The Morgan fingerprint density at radius 2 is 2.22 bits per heavy atom. The van der Waals surface area contributed by atoms with Crippen molar-refractivity contribution in [1.29, 1.82) is 0 Å². The summed E-state index contributed by atoms with van der Waals surface area (Å²) in [4.78, 5) is 4.53. The largest absolute Gasteiger partial charge is 0.439 e. The normalized spacial score (nSPS) is 25.2. The molecule has 0 aliphatic carbocycles. The molecule has 2 aromatic rings. The van der Waals surface area contributed by atoms with Gasteiger partial charge in [0.15, 0.2) is 5.58 Å². The number of nitrogens with one attached hydrogen (secondary N) is 1. The minimum absolute atomic E-state index is 0.206. The van der Waals surface area contributed by atoms with Gasteiger partial charge in [0.1, 0.15) is 5.52 Å². The highest BCUT2D eigenvalue weighted by molar-refractivity contribution is 6.31. The highest BCUT2D eigenvalue weighted by Gasteiger charge is 2.21. The second kappa shape index (κ2) is 5.03. The van der Waals surface area contributed by atoms with Crippen LogP contribution < -0.4 is 5.32 Å². The molecule has 5 heteroatoms. The van der Waals surface area contributed by atoms with Crippen molar-refractivity contribution < 1.29 is 4.42 Å². The number of hydrogen-bond acceptors (Lipinski definition) is 3. The van der Waals surface area contributed by atoms with Crippen LogP contribution in [0.3, 0.4) is 0 Å². The highest BCUT2D eigenvalue weighted by atomic mass is 35.5. The third-order valence-electron chi connectivity index (χ3n) is 3.35. The fourth-order valence-corrected chi connectivity index (χ4v) is 2.80. The van der Waals surface area contributed by atoms with Crippen LogP contribution in [-0.4, -0.2) is 21.8 Å². The van der Waals surface area contributed by atoms with Crippen LogP contribution >= 0.6 is 11.6 Å². The molecule has 1 saturated heterocycles. The van der Waals surface area contributed by atoms with Crippen LogP contribution in [0.5, 0.6) is 0 Å². The molecule has 1 fully saturated rings. The fourth-order valence-electron chi connectivity index (χ4n) is 2.32. The first kappa shape index (κ1) is 12.2. The summed E-state index contributed by atoms with van der Waals surface area (Å²) in [6.45, 7) is 0.984. The second-order valence-electron chi connectivity index (χ2n) is 4.73. The Morgan fingerprint density at radius 3 is 3.11 bits per heavy atom. The van der Waals surface area contributed by atoms with E-state index in [1.54, 1.807) is 0 Å². The van der Waals surface area contributed by atoms with Gasteiger partial charge in [-0.05, 0) is 37.6 Å². The number of hydrogen-bond donors (Lipinski definition) is 1. The van der Waals surface area contributed by atoms with Gasteiger partial charge < -0.3 is 9.73 Å². The topological polar surface area (TPSA) is 38.1 Å². The van der Waals surface area contributed by atoms with Gasteiger partial charge >= 0.3 is 0 Å². The van der Waals surface area contributed by atoms with E-state index in [0.29, 0.717) is 10.6 Å². The first-order valence-corrected chi connectivity index (χ1v) is 7.18. The lowest BCUT2D eigenvalue weighted by atomic mass is 10.1. The predicted molar refractivity (Wildman–Crippen MR) is 73.1 cm³/mol. The third kappa shape index (κ3) is 2.46. The Labute approximate surface area is 114 Å². The molecule has 2 atom stereocenters. The molecule has 3 nitrogen and oxygen atoms in total. The summed E-state index contributed by atoms with van der Waals surface area (Å²) < 4.78 is 5.81. The Bertz CT molecular complexity index is 557. The summed E-state index contributed by atoms with van der Waals surface area (Å²) in [6, 6.07) is 5.75. The zero-order chi connectivity index (χ0) is 12.5. The van der Waals surface area contributed by atoms with Gasteiger partial charge in [0.2, 0.25) is 5.89 Å². The van der Waals surface area contributed by atoms with Crippen LogP contribution in [0.15, 0.2) is 22.6 Å². The van der Waals surface area contributed by atoms with Gasteiger partial charge in [0, 0.05) is 15.3 Å². The van der Waals surface area contributed by atoms with Crippen molar-refractivity contribution in [3.63, 3.8) is 0 Å². The van der Waals surface area contributed by atoms with Gasteiger partial charge in [-0.3, -0.25) is 0 Å². The van der Waals surface area contributed by atoms with E-state index in [9.17, 15) is 0 Å². The quantitative estimate of drug-likeness (QED) is 0.813. The van der Waals surface area contributed by atoms with Crippen molar-refractivity contribution in [3.8, 4) is 0 Å². The summed E-state index contributed by atoms with van der Waals surface area (Å²) in [6.07, 6.45) is 3.31. The minimum atomic E-state index is 0.206. The molecule has 2 heterocycles. The highest BCUT2D eigenvalue weighted by Crippen LogP contribution is 2.29. The molecular formula is C13H14ClN2OSi. The summed E-state index contributed by atoms with van der Waals surface area (Å²) in [5.41, 5.74) is 2.22. The molecule has 1 aliphatic heterocycles. The van der Waals surface area contributed by atoms with E-state index in [1.807, 2.05) is 18.2 Å². The lowest BCUT2D eigenvalue weighted by Gasteiger charge is -2.10. The molecule has 3 rings (SSSR count). The van der Waals surface area contributed by atoms with E-state index in [2.05, 4.69) is 20.5 Å². The van der Waals surface area contributed by atoms with Gasteiger partial charge in [-0.2, -0.15) is 0 Å². The Kier molecular flexibility index (Phi) is 3.41. The van der Waals surface area contributed by atoms with E-state index < -0.39 is 0 Å². The van der Waals surface area contributed by atoms with Crippen molar-refractivity contribution in [2.75, 3.05) is 6.54 Å². The van der Waals surface area contributed by atoms with E-state index in [4.69, 9.17) is 16.0 Å². The van der Waals surface area contributed by atoms with Crippen LogP contribution in [-0.2, 0) is 0 Å². The average Bonchev–Trinajstić information content (AvgIpc) is 2.63. The van der Waals surface area contributed by atoms with Crippen LogP contribution in [0, 0.1) is 0 Å². The molecule has 0 bridgehead atoms. The summed E-state index contributed by atoms with van der Waals surface area (Å²) >= 11 is 5.96. The molecular weight excluding hydrogens is 264 g/mol. The number of rotatable bonds is 1. The van der Waals surface area contributed by atoms with Crippen LogP contribution in [0.25, 0.3) is 11.1 Å². The maximum atomic E-state index is 5.96. The standard InChI is InChI=1S/C13H14ClN2OSi/c14-8-1-4-12-11(7-8)16-13(17-12)10-3-2-9(18)5-6-15-10/h1,4,7,9-10,15H,2-3,5-6H2/t9?,10-/m1/s1. The van der Waals surface area contributed by atoms with Gasteiger partial charge in [-0.15, -0.1) is 0 Å². The van der Waals surface area contributed by atoms with Crippen LogP contribution in [0.4, 0.5) is 0 Å². The molecule has 1 N–H and O–H groups in total. The molecule has 93 valence electrons. The number of nitrogens with zero attached hydrogens (tertiary/aromatic N) is 1. The number of fused-ring (bicyclic) bond motifs is 1. The lowest BCUT2D eigenvalue weighted by molar-refractivity contribution is 0.410. The Balaban J connectivity index is 1.89. The number of aromatic nitrogens is 1. The first-order chi connectivity index (χ1) is 8.72. The molecule has 0 saturated carbocycles. The van der Waals surface area contributed by atoms with Gasteiger partial charge in [-0.25, -0.2) is 4.98 Å².